The van der Waals surface area contributed by atoms with Gasteiger partial charge in [-0.3, -0.25) is 9.59 Å². The molecule has 0 atom stereocenters. The summed E-state index contributed by atoms with van der Waals surface area (Å²) in [6.07, 6.45) is 11.1. The molecule has 1 aliphatic rings. The van der Waals surface area contributed by atoms with Gasteiger partial charge in [0.25, 0.3) is 11.5 Å². The summed E-state index contributed by atoms with van der Waals surface area (Å²) in [6.45, 7) is 3.34. The first-order valence-corrected chi connectivity index (χ1v) is 13.0. The molecule has 0 fully saturated rings. The van der Waals surface area contributed by atoms with Crippen molar-refractivity contribution in [3.8, 4) is 11.4 Å². The van der Waals surface area contributed by atoms with Crippen molar-refractivity contribution in [3.05, 3.63) is 123 Å². The molecule has 0 radical (unpaired) electrons. The summed E-state index contributed by atoms with van der Waals surface area (Å²) in [5, 5.41) is 17.1. The molecule has 1 amide bonds. The summed E-state index contributed by atoms with van der Waals surface area (Å²) in [6, 6.07) is 7.28. The Kier molecular flexibility index (Phi) is 7.92. The largest absolute Gasteiger partial charge is 0.454 e. The summed E-state index contributed by atoms with van der Waals surface area (Å²) < 4.78 is 23.1. The van der Waals surface area contributed by atoms with Gasteiger partial charge in [0, 0.05) is 31.2 Å². The van der Waals surface area contributed by atoms with E-state index < -0.39 is 34.7 Å². The van der Waals surface area contributed by atoms with Crippen LogP contribution < -0.4 is 26.6 Å². The summed E-state index contributed by atoms with van der Waals surface area (Å²) in [5.41, 5.74) is -0.180. The number of pyridine rings is 1. The molecule has 4 heterocycles. The molecule has 0 aliphatic carbocycles. The van der Waals surface area contributed by atoms with E-state index in [-0.39, 0.29) is 11.5 Å². The minimum absolute atomic E-state index is 0.0888. The van der Waals surface area contributed by atoms with Crippen LogP contribution >= 0.6 is 0 Å². The van der Waals surface area contributed by atoms with Crippen molar-refractivity contribution in [1.82, 2.24) is 34.2 Å². The smallest absolute Gasteiger partial charge is 0.352 e. The highest BCUT2D eigenvalue weighted by atomic mass is 19.1. The molecule has 0 bridgehead atoms. The normalized spacial score (nSPS) is 13.7. The number of aryl methyl sites for hydroxylation is 1. The van der Waals surface area contributed by atoms with E-state index in [2.05, 4.69) is 25.7 Å². The van der Waals surface area contributed by atoms with Crippen LogP contribution in [0.3, 0.4) is 0 Å². The number of carbonyl (C=O) groups excluding carboxylic acids is 1. The van der Waals surface area contributed by atoms with Crippen LogP contribution in [0.5, 0.6) is 5.75 Å². The zero-order valence-corrected chi connectivity index (χ0v) is 23.3. The Morgan fingerprint density at radius 3 is 2.53 bits per heavy atom. The predicted octanol–water partition coefficient (Wildman–Crippen LogP) is 2.94. The Bertz CT molecular complexity index is 1910. The molecule has 1 aliphatic heterocycles. The Balaban J connectivity index is 1.39. The number of benzene rings is 1. The Hall–Kier alpha value is -5.92. The average molecular weight is 584 g/mol. The van der Waals surface area contributed by atoms with E-state index >= 15 is 0 Å². The second-order valence-corrected chi connectivity index (χ2v) is 9.65. The number of anilines is 1. The standard InChI is InChI=1S/C29H26FN9O4/c1-17(2)39-29(42)38(20-6-4-19(30)5-7-20)28(41)26(36-39)27(40)35-25-9-8-21(14-33-25)43-24-12-18(13-32-22(24)10-11-31)23-15-37(3)16-34-23/h4-17,31-32H,1-3H3,(H,33,35,40)/b22-10-,31-11?. The molecule has 4 aromatic rings. The number of nitrogens with zero attached hydrogens (tertiary/aromatic N) is 6. The fourth-order valence-corrected chi connectivity index (χ4v) is 4.10. The summed E-state index contributed by atoms with van der Waals surface area (Å²) in [7, 11) is 1.86. The molecule has 13 nitrogen and oxygen atoms in total. The van der Waals surface area contributed by atoms with Crippen LogP contribution in [0.4, 0.5) is 10.2 Å². The van der Waals surface area contributed by atoms with E-state index in [9.17, 15) is 18.8 Å². The molecule has 0 saturated carbocycles. The minimum atomic E-state index is -0.968. The van der Waals surface area contributed by atoms with Gasteiger partial charge in [0.05, 0.1) is 35.6 Å². The first-order chi connectivity index (χ1) is 20.6. The summed E-state index contributed by atoms with van der Waals surface area (Å²) >= 11 is 0. The molecule has 1 aromatic carbocycles. The van der Waals surface area contributed by atoms with Crippen molar-refractivity contribution >= 4 is 23.5 Å². The Morgan fingerprint density at radius 2 is 1.91 bits per heavy atom. The lowest BCUT2D eigenvalue weighted by Gasteiger charge is -2.18. The number of hydrogen-bond donors (Lipinski definition) is 3. The minimum Gasteiger partial charge on any atom is -0.454 e. The van der Waals surface area contributed by atoms with Crippen LogP contribution in [0.2, 0.25) is 0 Å². The zero-order valence-electron chi connectivity index (χ0n) is 23.3. The lowest BCUT2D eigenvalue weighted by atomic mass is 10.1. The maximum atomic E-state index is 13.5. The Labute approximate surface area is 243 Å². The van der Waals surface area contributed by atoms with Gasteiger partial charge < -0.3 is 25.3 Å². The highest BCUT2D eigenvalue weighted by Crippen LogP contribution is 2.25. The van der Waals surface area contributed by atoms with Crippen LogP contribution in [0.1, 0.15) is 36.1 Å². The van der Waals surface area contributed by atoms with Gasteiger partial charge in [0.1, 0.15) is 17.4 Å². The molecule has 5 rings (SSSR count). The number of aromatic nitrogens is 6. The highest BCUT2D eigenvalue weighted by Gasteiger charge is 2.22. The first-order valence-electron chi connectivity index (χ1n) is 13.0. The first kappa shape index (κ1) is 28.6. The molecular formula is C29H26FN9O4. The molecule has 0 unspecified atom stereocenters. The van der Waals surface area contributed by atoms with Gasteiger partial charge in [-0.2, -0.15) is 5.10 Å². The molecule has 43 heavy (non-hydrogen) atoms. The van der Waals surface area contributed by atoms with E-state index in [4.69, 9.17) is 10.1 Å². The van der Waals surface area contributed by atoms with E-state index in [1.54, 1.807) is 38.5 Å². The van der Waals surface area contributed by atoms with Crippen molar-refractivity contribution in [2.75, 3.05) is 5.32 Å². The molecule has 218 valence electrons. The number of nitrogens with one attached hydrogen (secondary N) is 3. The monoisotopic (exact) mass is 583 g/mol. The van der Waals surface area contributed by atoms with Crippen LogP contribution in [0.25, 0.3) is 11.3 Å². The maximum absolute atomic E-state index is 13.5. The zero-order chi connectivity index (χ0) is 30.7. The molecule has 0 spiro atoms. The second kappa shape index (κ2) is 11.9. The number of allylic oxidation sites excluding steroid dienone is 3. The number of amides is 1. The third-order valence-corrected chi connectivity index (χ3v) is 6.18. The third kappa shape index (κ3) is 6.07. The number of imidazole rings is 1. The fourth-order valence-electron chi connectivity index (χ4n) is 4.10. The second-order valence-electron chi connectivity index (χ2n) is 9.65. The van der Waals surface area contributed by atoms with Gasteiger partial charge in [-0.15, -0.1) is 0 Å². The molecule has 3 N–H and O–H groups in total. The molecular weight excluding hydrogens is 557 g/mol. The van der Waals surface area contributed by atoms with Gasteiger partial charge >= 0.3 is 5.69 Å². The van der Waals surface area contributed by atoms with Gasteiger partial charge in [-0.25, -0.2) is 28.4 Å². The SMILES string of the molecule is CC(C)n1nc(C(=O)Nc2ccc(OC3=CC(c4cn(C)cn4)=CN/C3=C\C=N)cn2)c(=O)n(-c2ccc(F)cc2)c1=O. The van der Waals surface area contributed by atoms with Gasteiger partial charge in [-0.1, -0.05) is 0 Å². The van der Waals surface area contributed by atoms with Crippen molar-refractivity contribution in [2.24, 2.45) is 7.05 Å². The van der Waals surface area contributed by atoms with E-state index in [0.717, 1.165) is 38.9 Å². The van der Waals surface area contributed by atoms with Crippen molar-refractivity contribution < 1.29 is 13.9 Å². The summed E-state index contributed by atoms with van der Waals surface area (Å²) in [4.78, 5) is 47.9. The maximum Gasteiger partial charge on any atom is 0.352 e. The summed E-state index contributed by atoms with van der Waals surface area (Å²) in [5.74, 6) is -0.609. The quantitative estimate of drug-likeness (QED) is 0.267. The van der Waals surface area contributed by atoms with E-state index in [1.165, 1.54) is 30.5 Å². The van der Waals surface area contributed by atoms with E-state index in [0.29, 0.717) is 17.2 Å². The number of halogens is 1. The van der Waals surface area contributed by atoms with Crippen LogP contribution in [-0.4, -0.2) is 41.0 Å². The number of carbonyl (C=O) groups is 1. The average Bonchev–Trinajstić information content (AvgIpc) is 3.42. The van der Waals surface area contributed by atoms with Gasteiger partial charge in [-0.05, 0) is 62.4 Å². The number of rotatable bonds is 8. The molecule has 3 aromatic heterocycles. The van der Waals surface area contributed by atoms with Gasteiger partial charge in [0.15, 0.2) is 5.76 Å². The number of hydrogen-bond acceptors (Lipinski definition) is 9. The molecule has 0 saturated heterocycles. The highest BCUT2D eigenvalue weighted by molar-refractivity contribution is 6.02. The van der Waals surface area contributed by atoms with Crippen molar-refractivity contribution in [1.29, 1.82) is 5.41 Å². The van der Waals surface area contributed by atoms with Crippen LogP contribution in [0.15, 0.2) is 94.5 Å². The van der Waals surface area contributed by atoms with Crippen LogP contribution in [0, 0.1) is 11.2 Å². The predicted molar refractivity (Wildman–Crippen MR) is 157 cm³/mol. The van der Waals surface area contributed by atoms with E-state index in [1.807, 2.05) is 17.8 Å². The fraction of sp³-hybridized carbons (Fsp3) is 0.138. The van der Waals surface area contributed by atoms with Crippen LogP contribution in [-0.2, 0) is 7.05 Å². The number of ether oxygens (including phenoxy) is 1. The van der Waals surface area contributed by atoms with Crippen molar-refractivity contribution in [3.63, 3.8) is 0 Å². The lowest BCUT2D eigenvalue weighted by Crippen LogP contribution is -2.45. The van der Waals surface area contributed by atoms with Crippen molar-refractivity contribution in [2.45, 2.75) is 19.9 Å². The molecule has 14 heteroatoms. The Morgan fingerprint density at radius 1 is 1.14 bits per heavy atom. The topological polar surface area (TPSA) is 162 Å². The third-order valence-electron chi connectivity index (χ3n) is 6.18. The van der Waals surface area contributed by atoms with Gasteiger partial charge in [0.2, 0.25) is 5.69 Å². The number of dihydropyridines is 1. The lowest BCUT2D eigenvalue weighted by molar-refractivity contribution is 0.101.